The van der Waals surface area contributed by atoms with Crippen LogP contribution in [0.2, 0.25) is 0 Å². The van der Waals surface area contributed by atoms with Gasteiger partial charge in [0.25, 0.3) is 5.91 Å². The number of carbonyl (C=O) groups is 1. The van der Waals surface area contributed by atoms with Gasteiger partial charge in [0.15, 0.2) is 0 Å². The lowest BCUT2D eigenvalue weighted by Gasteiger charge is -2.18. The molecule has 1 N–H and O–H groups in total. The van der Waals surface area contributed by atoms with Crippen LogP contribution in [0.1, 0.15) is 24.3 Å². The molecule has 0 radical (unpaired) electrons. The van der Waals surface area contributed by atoms with Crippen LogP contribution in [0.3, 0.4) is 0 Å². The van der Waals surface area contributed by atoms with Gasteiger partial charge in [0, 0.05) is 25.8 Å². The average Bonchev–Trinajstić information content (AvgIpc) is 2.38. The van der Waals surface area contributed by atoms with Crippen molar-refractivity contribution in [1.82, 2.24) is 15.3 Å². The summed E-state index contributed by atoms with van der Waals surface area (Å²) in [5.74, 6) is 0.377. The highest BCUT2D eigenvalue weighted by Crippen LogP contribution is 2.06. The Morgan fingerprint density at radius 1 is 1.53 bits per heavy atom. The quantitative estimate of drug-likeness (QED) is 0.752. The van der Waals surface area contributed by atoms with Crippen LogP contribution in [0, 0.1) is 0 Å². The van der Waals surface area contributed by atoms with Crippen LogP contribution >= 0.6 is 0 Å². The van der Waals surface area contributed by atoms with Gasteiger partial charge in [-0.3, -0.25) is 4.79 Å². The van der Waals surface area contributed by atoms with Crippen molar-refractivity contribution < 1.29 is 4.79 Å². The van der Waals surface area contributed by atoms with Gasteiger partial charge in [-0.05, 0) is 19.9 Å². The maximum Gasteiger partial charge on any atom is 0.270 e. The van der Waals surface area contributed by atoms with Gasteiger partial charge >= 0.3 is 0 Å². The van der Waals surface area contributed by atoms with Gasteiger partial charge in [-0.25, -0.2) is 9.97 Å². The van der Waals surface area contributed by atoms with Gasteiger partial charge in [-0.2, -0.15) is 0 Å². The maximum absolute atomic E-state index is 11.7. The molecule has 0 saturated carbocycles. The van der Waals surface area contributed by atoms with Crippen molar-refractivity contribution in [2.75, 3.05) is 24.5 Å². The van der Waals surface area contributed by atoms with Crippen molar-refractivity contribution in [2.45, 2.75) is 13.8 Å². The van der Waals surface area contributed by atoms with Crippen molar-refractivity contribution in [3.8, 4) is 0 Å². The van der Waals surface area contributed by atoms with E-state index in [1.165, 1.54) is 0 Å². The minimum atomic E-state index is -0.208. The van der Waals surface area contributed by atoms with Crippen molar-refractivity contribution in [2.24, 2.45) is 0 Å². The van der Waals surface area contributed by atoms with Gasteiger partial charge in [0.1, 0.15) is 5.69 Å². The monoisotopic (exact) mass is 234 g/mol. The molecule has 0 atom stereocenters. The smallest absolute Gasteiger partial charge is 0.270 e. The summed E-state index contributed by atoms with van der Waals surface area (Å²) in [7, 11) is 0. The van der Waals surface area contributed by atoms with Gasteiger partial charge < -0.3 is 10.2 Å². The molecule has 92 valence electrons. The summed E-state index contributed by atoms with van der Waals surface area (Å²) in [5.41, 5.74) is 0.378. The molecule has 0 aliphatic carbocycles. The van der Waals surface area contributed by atoms with E-state index >= 15 is 0 Å². The molecule has 0 aliphatic rings. The molecule has 1 aromatic heterocycles. The number of aromatic nitrogens is 2. The zero-order chi connectivity index (χ0) is 12.7. The SMILES string of the molecule is C=CCNC(=O)c1ccnc(N(CC)CC)n1. The fourth-order valence-corrected chi connectivity index (χ4v) is 1.39. The summed E-state index contributed by atoms with van der Waals surface area (Å²) in [6, 6.07) is 1.60. The number of carbonyl (C=O) groups excluding carboxylic acids is 1. The minimum Gasteiger partial charge on any atom is -0.347 e. The fraction of sp³-hybridized carbons (Fsp3) is 0.417. The van der Waals surface area contributed by atoms with Crippen LogP contribution in [0.25, 0.3) is 0 Å². The number of anilines is 1. The predicted molar refractivity (Wildman–Crippen MR) is 68.1 cm³/mol. The van der Waals surface area contributed by atoms with Crippen LogP contribution in [0.5, 0.6) is 0 Å². The van der Waals surface area contributed by atoms with E-state index < -0.39 is 0 Å². The third-order valence-electron chi connectivity index (χ3n) is 2.33. The Kier molecular flexibility index (Phi) is 5.13. The van der Waals surface area contributed by atoms with E-state index in [4.69, 9.17) is 0 Å². The average molecular weight is 234 g/mol. The molecule has 1 rings (SSSR count). The first-order valence-electron chi connectivity index (χ1n) is 5.70. The minimum absolute atomic E-state index is 0.208. The number of hydrogen-bond acceptors (Lipinski definition) is 4. The van der Waals surface area contributed by atoms with Gasteiger partial charge in [0.05, 0.1) is 0 Å². The maximum atomic E-state index is 11.7. The number of amides is 1. The summed E-state index contributed by atoms with van der Waals surface area (Å²) in [4.78, 5) is 22.1. The molecule has 5 nitrogen and oxygen atoms in total. The summed E-state index contributed by atoms with van der Waals surface area (Å²) in [5, 5.41) is 2.69. The normalized spacial score (nSPS) is 9.76. The first-order chi connectivity index (χ1) is 8.22. The third kappa shape index (κ3) is 3.55. The zero-order valence-corrected chi connectivity index (χ0v) is 10.3. The lowest BCUT2D eigenvalue weighted by atomic mass is 10.3. The van der Waals surface area contributed by atoms with E-state index in [1.807, 2.05) is 18.7 Å². The summed E-state index contributed by atoms with van der Waals surface area (Å²) in [6.07, 6.45) is 3.23. The summed E-state index contributed by atoms with van der Waals surface area (Å²) in [6.45, 7) is 9.65. The molecular weight excluding hydrogens is 216 g/mol. The Bertz CT molecular complexity index is 388. The lowest BCUT2D eigenvalue weighted by Crippen LogP contribution is -2.27. The van der Waals surface area contributed by atoms with Crippen LogP contribution in [0.15, 0.2) is 24.9 Å². The molecule has 17 heavy (non-hydrogen) atoms. The van der Waals surface area contributed by atoms with Crippen LogP contribution in [-0.2, 0) is 0 Å². The molecule has 0 aromatic carbocycles. The van der Waals surface area contributed by atoms with Crippen molar-refractivity contribution in [1.29, 1.82) is 0 Å². The van der Waals surface area contributed by atoms with Crippen molar-refractivity contribution in [3.63, 3.8) is 0 Å². The van der Waals surface area contributed by atoms with E-state index in [2.05, 4.69) is 21.9 Å². The zero-order valence-electron chi connectivity index (χ0n) is 10.3. The number of rotatable bonds is 6. The Morgan fingerprint density at radius 3 is 2.82 bits per heavy atom. The first-order valence-corrected chi connectivity index (χ1v) is 5.70. The highest BCUT2D eigenvalue weighted by atomic mass is 16.1. The molecule has 0 saturated heterocycles. The Morgan fingerprint density at radius 2 is 2.24 bits per heavy atom. The Hall–Kier alpha value is -1.91. The van der Waals surface area contributed by atoms with Crippen LogP contribution < -0.4 is 10.2 Å². The van der Waals surface area contributed by atoms with Crippen LogP contribution in [-0.4, -0.2) is 35.5 Å². The van der Waals surface area contributed by atoms with Gasteiger partial charge in [0.2, 0.25) is 5.95 Å². The Balaban J connectivity index is 2.84. The Labute approximate surface area is 102 Å². The largest absolute Gasteiger partial charge is 0.347 e. The standard InChI is InChI=1S/C12H18N4O/c1-4-8-13-11(17)10-7-9-14-12(15-10)16(5-2)6-3/h4,7,9H,1,5-6,8H2,2-3H3,(H,13,17). The van der Waals surface area contributed by atoms with E-state index in [9.17, 15) is 4.79 Å². The fourth-order valence-electron chi connectivity index (χ4n) is 1.39. The second-order valence-electron chi connectivity index (χ2n) is 3.41. The molecular formula is C12H18N4O. The van der Waals surface area contributed by atoms with Crippen molar-refractivity contribution >= 4 is 11.9 Å². The second kappa shape index (κ2) is 6.62. The van der Waals surface area contributed by atoms with Crippen LogP contribution in [0.4, 0.5) is 5.95 Å². The summed E-state index contributed by atoms with van der Waals surface area (Å²) < 4.78 is 0. The molecule has 5 heteroatoms. The lowest BCUT2D eigenvalue weighted by molar-refractivity contribution is 0.0953. The van der Waals surface area contributed by atoms with Crippen molar-refractivity contribution in [3.05, 3.63) is 30.6 Å². The highest BCUT2D eigenvalue weighted by Gasteiger charge is 2.10. The molecule has 0 fully saturated rings. The number of nitrogens with zero attached hydrogens (tertiary/aromatic N) is 3. The molecule has 1 heterocycles. The van der Waals surface area contributed by atoms with Gasteiger partial charge in [-0.1, -0.05) is 6.08 Å². The van der Waals surface area contributed by atoms with E-state index in [1.54, 1.807) is 18.3 Å². The third-order valence-corrected chi connectivity index (χ3v) is 2.33. The van der Waals surface area contributed by atoms with E-state index in [0.29, 0.717) is 18.2 Å². The summed E-state index contributed by atoms with van der Waals surface area (Å²) >= 11 is 0. The molecule has 1 amide bonds. The predicted octanol–water partition coefficient (Wildman–Crippen LogP) is 1.24. The number of hydrogen-bond donors (Lipinski definition) is 1. The molecule has 0 spiro atoms. The molecule has 1 aromatic rings. The topological polar surface area (TPSA) is 58.1 Å². The second-order valence-corrected chi connectivity index (χ2v) is 3.41. The van der Waals surface area contributed by atoms with E-state index in [-0.39, 0.29) is 5.91 Å². The van der Waals surface area contributed by atoms with E-state index in [0.717, 1.165) is 13.1 Å². The molecule has 0 bridgehead atoms. The highest BCUT2D eigenvalue weighted by molar-refractivity contribution is 5.92. The first kappa shape index (κ1) is 13.2. The molecule has 0 unspecified atom stereocenters. The number of nitrogens with one attached hydrogen (secondary N) is 1. The molecule has 0 aliphatic heterocycles. The van der Waals surface area contributed by atoms with Gasteiger partial charge in [-0.15, -0.1) is 6.58 Å².